The first-order valence-corrected chi connectivity index (χ1v) is 8.70. The number of likely N-dealkylation sites (tertiary alicyclic amines) is 1. The first kappa shape index (κ1) is 19.1. The highest BCUT2D eigenvalue weighted by Crippen LogP contribution is 2.30. The number of nitrogens with zero attached hydrogens (tertiary/aromatic N) is 2. The average Bonchev–Trinajstić information content (AvgIpc) is 2.71. The minimum Gasteiger partial charge on any atom is -0.360 e. The number of aliphatic imine (C=N–C) groups is 1. The normalized spacial score (nSPS) is 15.1. The van der Waals surface area contributed by atoms with Crippen molar-refractivity contribution in [2.75, 3.05) is 13.1 Å². The van der Waals surface area contributed by atoms with Gasteiger partial charge in [0, 0.05) is 19.5 Å². The Morgan fingerprint density at radius 1 is 0.926 bits per heavy atom. The number of hydrogen-bond acceptors (Lipinski definition) is 2. The summed E-state index contributed by atoms with van der Waals surface area (Å²) in [5.41, 5.74) is -1.47. The van der Waals surface area contributed by atoms with E-state index in [0.29, 0.717) is 18.9 Å². The first-order valence-electron chi connectivity index (χ1n) is 8.70. The smallest absolute Gasteiger partial charge is 0.188 e. The lowest BCUT2D eigenvalue weighted by atomic mass is 10.1. The van der Waals surface area contributed by atoms with E-state index in [4.69, 9.17) is 0 Å². The maximum Gasteiger partial charge on any atom is 0.188 e. The summed E-state index contributed by atoms with van der Waals surface area (Å²) in [5, 5.41) is 0. The molecule has 0 saturated carbocycles. The SMILES string of the molecule is O=Cc1c(F)c(F)c(N=C(Cc2ccccc2)N2CCCCC2)c(F)c1F. The number of piperidine rings is 1. The van der Waals surface area contributed by atoms with Gasteiger partial charge in [-0.1, -0.05) is 30.3 Å². The van der Waals surface area contributed by atoms with Crippen LogP contribution in [0.25, 0.3) is 0 Å². The van der Waals surface area contributed by atoms with Crippen LogP contribution in [-0.2, 0) is 6.42 Å². The van der Waals surface area contributed by atoms with E-state index in [-0.39, 0.29) is 12.7 Å². The average molecular weight is 378 g/mol. The highest BCUT2D eigenvalue weighted by Gasteiger charge is 2.26. The second kappa shape index (κ2) is 8.33. The lowest BCUT2D eigenvalue weighted by Crippen LogP contribution is -2.36. The van der Waals surface area contributed by atoms with E-state index in [1.165, 1.54) is 0 Å². The molecule has 0 N–H and O–H groups in total. The zero-order valence-corrected chi connectivity index (χ0v) is 14.5. The van der Waals surface area contributed by atoms with Crippen LogP contribution >= 0.6 is 0 Å². The van der Waals surface area contributed by atoms with Crippen LogP contribution in [0.2, 0.25) is 0 Å². The van der Waals surface area contributed by atoms with Gasteiger partial charge < -0.3 is 4.90 Å². The van der Waals surface area contributed by atoms with Crippen LogP contribution < -0.4 is 0 Å². The lowest BCUT2D eigenvalue weighted by Gasteiger charge is -2.30. The van der Waals surface area contributed by atoms with Crippen LogP contribution in [0.3, 0.4) is 0 Å². The molecular formula is C20H18F4N2O. The van der Waals surface area contributed by atoms with Crippen LogP contribution in [0, 0.1) is 23.3 Å². The van der Waals surface area contributed by atoms with Crippen LogP contribution in [0.1, 0.15) is 35.2 Å². The number of amidine groups is 1. The van der Waals surface area contributed by atoms with Gasteiger partial charge in [0.2, 0.25) is 0 Å². The number of carbonyl (C=O) groups is 1. The largest absolute Gasteiger partial charge is 0.360 e. The van der Waals surface area contributed by atoms with E-state index in [0.717, 1.165) is 24.8 Å². The molecule has 1 heterocycles. The van der Waals surface area contributed by atoms with Crippen molar-refractivity contribution in [3.05, 3.63) is 64.7 Å². The summed E-state index contributed by atoms with van der Waals surface area (Å²) in [5.74, 6) is -6.48. The molecule has 0 unspecified atom stereocenters. The summed E-state index contributed by atoms with van der Waals surface area (Å²) < 4.78 is 56.4. The fourth-order valence-corrected chi connectivity index (χ4v) is 3.12. The van der Waals surface area contributed by atoms with Gasteiger partial charge in [-0.05, 0) is 24.8 Å². The molecule has 3 nitrogen and oxygen atoms in total. The first-order chi connectivity index (χ1) is 13.0. The molecule has 1 aliphatic rings. The second-order valence-corrected chi connectivity index (χ2v) is 6.37. The van der Waals surface area contributed by atoms with Gasteiger partial charge in [0.1, 0.15) is 11.5 Å². The Hall–Kier alpha value is -2.70. The van der Waals surface area contributed by atoms with E-state index < -0.39 is 34.5 Å². The highest BCUT2D eigenvalue weighted by atomic mass is 19.2. The summed E-state index contributed by atoms with van der Waals surface area (Å²) in [6.45, 7) is 1.29. The van der Waals surface area contributed by atoms with Crippen molar-refractivity contribution in [2.24, 2.45) is 4.99 Å². The van der Waals surface area contributed by atoms with Crippen molar-refractivity contribution in [3.63, 3.8) is 0 Å². The Labute approximate surface area is 154 Å². The van der Waals surface area contributed by atoms with Gasteiger partial charge in [-0.15, -0.1) is 0 Å². The molecule has 7 heteroatoms. The van der Waals surface area contributed by atoms with Crippen LogP contribution in [0.5, 0.6) is 0 Å². The van der Waals surface area contributed by atoms with Crippen LogP contribution in [0.15, 0.2) is 35.3 Å². The quantitative estimate of drug-likeness (QED) is 0.251. The Morgan fingerprint density at radius 2 is 1.52 bits per heavy atom. The number of rotatable bonds is 4. The fourth-order valence-electron chi connectivity index (χ4n) is 3.12. The minimum atomic E-state index is -1.74. The molecule has 3 rings (SSSR count). The number of carbonyl (C=O) groups excluding carboxylic acids is 1. The van der Waals surface area contributed by atoms with E-state index in [9.17, 15) is 22.4 Å². The Kier molecular flexibility index (Phi) is 5.88. The van der Waals surface area contributed by atoms with E-state index in [2.05, 4.69) is 4.99 Å². The van der Waals surface area contributed by atoms with Crippen molar-refractivity contribution in [3.8, 4) is 0 Å². The van der Waals surface area contributed by atoms with Gasteiger partial charge in [-0.3, -0.25) is 4.79 Å². The molecule has 0 amide bonds. The summed E-state index contributed by atoms with van der Waals surface area (Å²) in [6.07, 6.45) is 2.84. The van der Waals surface area contributed by atoms with Gasteiger partial charge in [0.25, 0.3) is 0 Å². The van der Waals surface area contributed by atoms with Gasteiger partial charge >= 0.3 is 0 Å². The summed E-state index contributed by atoms with van der Waals surface area (Å²) in [7, 11) is 0. The van der Waals surface area contributed by atoms with E-state index in [1.54, 1.807) is 0 Å². The third-order valence-corrected chi connectivity index (χ3v) is 4.56. The zero-order valence-electron chi connectivity index (χ0n) is 14.5. The summed E-state index contributed by atoms with van der Waals surface area (Å²) in [4.78, 5) is 16.6. The number of benzene rings is 2. The molecule has 2 aromatic rings. The summed E-state index contributed by atoms with van der Waals surface area (Å²) >= 11 is 0. The molecule has 0 bridgehead atoms. The van der Waals surface area contributed by atoms with Crippen molar-refractivity contribution in [1.82, 2.24) is 4.90 Å². The zero-order chi connectivity index (χ0) is 19.4. The molecule has 0 spiro atoms. The Bertz CT molecular complexity index is 833. The summed E-state index contributed by atoms with van der Waals surface area (Å²) in [6, 6.07) is 9.15. The molecule has 1 fully saturated rings. The van der Waals surface area contributed by atoms with E-state index in [1.807, 2.05) is 35.2 Å². The molecule has 0 aromatic heterocycles. The topological polar surface area (TPSA) is 32.7 Å². The maximum absolute atomic E-state index is 14.3. The molecule has 27 heavy (non-hydrogen) atoms. The number of hydrogen-bond donors (Lipinski definition) is 0. The predicted molar refractivity (Wildman–Crippen MR) is 94.3 cm³/mol. The van der Waals surface area contributed by atoms with Gasteiger partial charge in [-0.2, -0.15) is 0 Å². The monoisotopic (exact) mass is 378 g/mol. The van der Waals surface area contributed by atoms with Crippen molar-refractivity contribution < 1.29 is 22.4 Å². The van der Waals surface area contributed by atoms with E-state index >= 15 is 0 Å². The molecule has 0 aliphatic carbocycles. The third kappa shape index (κ3) is 4.02. The molecular weight excluding hydrogens is 360 g/mol. The minimum absolute atomic E-state index is 0.250. The van der Waals surface area contributed by atoms with Gasteiger partial charge in [0.05, 0.1) is 5.56 Å². The van der Waals surface area contributed by atoms with Gasteiger partial charge in [-0.25, -0.2) is 22.6 Å². The lowest BCUT2D eigenvalue weighted by molar-refractivity contribution is 0.111. The molecule has 1 saturated heterocycles. The molecule has 2 aromatic carbocycles. The highest BCUT2D eigenvalue weighted by molar-refractivity contribution is 5.87. The van der Waals surface area contributed by atoms with Crippen LogP contribution in [-0.4, -0.2) is 30.1 Å². The third-order valence-electron chi connectivity index (χ3n) is 4.56. The molecule has 0 atom stereocenters. The van der Waals surface area contributed by atoms with Crippen LogP contribution in [0.4, 0.5) is 23.2 Å². The predicted octanol–water partition coefficient (Wildman–Crippen LogP) is 4.81. The Morgan fingerprint density at radius 3 is 2.07 bits per heavy atom. The van der Waals surface area contributed by atoms with Crippen molar-refractivity contribution >= 4 is 17.8 Å². The van der Waals surface area contributed by atoms with Gasteiger partial charge in [0.15, 0.2) is 29.6 Å². The molecule has 1 aliphatic heterocycles. The number of aldehydes is 1. The molecule has 142 valence electrons. The molecule has 0 radical (unpaired) electrons. The number of halogens is 4. The Balaban J connectivity index is 2.08. The van der Waals surface area contributed by atoms with Crippen molar-refractivity contribution in [2.45, 2.75) is 25.7 Å². The van der Waals surface area contributed by atoms with Crippen molar-refractivity contribution in [1.29, 1.82) is 0 Å². The maximum atomic E-state index is 14.3. The standard InChI is InChI=1S/C20H18F4N2O/c21-16-14(12-27)17(22)19(24)20(18(16)23)25-15(26-9-5-2-6-10-26)11-13-7-3-1-4-8-13/h1,3-4,7-8,12H,2,5-6,9-11H2. The fraction of sp³-hybridized carbons (Fsp3) is 0.300. The second-order valence-electron chi connectivity index (χ2n) is 6.37.